The highest BCUT2D eigenvalue weighted by Gasteiger charge is 2.08. The van der Waals surface area contributed by atoms with Crippen molar-refractivity contribution in [2.75, 3.05) is 0 Å². The third-order valence-electron chi connectivity index (χ3n) is 3.82. The lowest BCUT2D eigenvalue weighted by Crippen LogP contribution is -2.01. The van der Waals surface area contributed by atoms with E-state index in [1.54, 1.807) is 10.7 Å². The van der Waals surface area contributed by atoms with Gasteiger partial charge in [0.25, 0.3) is 0 Å². The molecule has 0 unspecified atom stereocenters. The van der Waals surface area contributed by atoms with Crippen LogP contribution in [0.5, 0.6) is 0 Å². The van der Waals surface area contributed by atoms with Crippen LogP contribution in [0.4, 0.5) is 5.69 Å². The van der Waals surface area contributed by atoms with Crippen LogP contribution >= 0.6 is 0 Å². The van der Waals surface area contributed by atoms with E-state index in [-0.39, 0.29) is 17.1 Å². The first kappa shape index (κ1) is 16.6. The molecule has 0 atom stereocenters. The summed E-state index contributed by atoms with van der Waals surface area (Å²) in [5, 5.41) is 17.9. The minimum atomic E-state index is -0.241. The summed E-state index contributed by atoms with van der Waals surface area (Å²) in [5.41, 5.74) is 4.49. The van der Waals surface area contributed by atoms with E-state index < -0.39 is 0 Å². The molecule has 0 aliphatic rings. The summed E-state index contributed by atoms with van der Waals surface area (Å²) in [6, 6.07) is 13.5. The van der Waals surface area contributed by atoms with Crippen LogP contribution in [-0.4, -0.2) is 32.1 Å². The Morgan fingerprint density at radius 1 is 1.16 bits per heavy atom. The number of nitrogens with zero attached hydrogens (tertiary/aromatic N) is 4. The Balaban J connectivity index is 1.96. The van der Waals surface area contributed by atoms with Gasteiger partial charge in [0.2, 0.25) is 0 Å². The van der Waals surface area contributed by atoms with Crippen molar-refractivity contribution >= 4 is 28.7 Å². The fourth-order valence-electron chi connectivity index (χ4n) is 2.45. The van der Waals surface area contributed by atoms with Crippen LogP contribution in [0.2, 0.25) is 0 Å². The number of ketones is 1. The maximum absolute atomic E-state index is 11.5. The summed E-state index contributed by atoms with van der Waals surface area (Å²) in [6.07, 6.45) is 1.36. The lowest BCUT2D eigenvalue weighted by molar-refractivity contribution is -0.113. The fourth-order valence-corrected chi connectivity index (χ4v) is 2.45. The van der Waals surface area contributed by atoms with Crippen LogP contribution in [0.15, 0.2) is 58.8 Å². The van der Waals surface area contributed by atoms with E-state index in [1.807, 2.05) is 43.3 Å². The van der Waals surface area contributed by atoms with Gasteiger partial charge >= 0.3 is 0 Å². The van der Waals surface area contributed by atoms with Crippen molar-refractivity contribution < 1.29 is 9.90 Å². The number of hydrogen-bond acceptors (Lipinski definition) is 5. The molecule has 3 rings (SSSR count). The Bertz CT molecular complexity index is 994. The summed E-state index contributed by atoms with van der Waals surface area (Å²) >= 11 is 0. The number of aryl methyl sites for hydroxylation is 1. The number of aliphatic imine (C=N–C) groups is 1. The van der Waals surface area contributed by atoms with Crippen LogP contribution in [0.25, 0.3) is 16.7 Å². The SMILES string of the molecule is CC(=O)C(C=Nc1ccc2c(c1)nnn2-c1ccc(C)cc1)=C(C)O. The number of aromatic nitrogens is 3. The second-order valence-corrected chi connectivity index (χ2v) is 5.82. The van der Waals surface area contributed by atoms with Crippen molar-refractivity contribution in [1.82, 2.24) is 15.0 Å². The molecule has 3 aromatic rings. The number of Topliss-reactive ketones (excluding diaryl/α,β-unsaturated/α-hetero) is 1. The fraction of sp³-hybridized carbons (Fsp3) is 0.158. The van der Waals surface area contributed by atoms with Gasteiger partial charge in [-0.2, -0.15) is 0 Å². The minimum absolute atomic E-state index is 0.0531. The van der Waals surface area contributed by atoms with Gasteiger partial charge < -0.3 is 5.11 Å². The molecule has 0 radical (unpaired) electrons. The Morgan fingerprint density at radius 3 is 2.52 bits per heavy atom. The molecule has 126 valence electrons. The molecule has 0 fully saturated rings. The van der Waals surface area contributed by atoms with Gasteiger partial charge in [0.05, 0.1) is 22.5 Å². The Kier molecular flexibility index (Phi) is 4.43. The number of allylic oxidation sites excluding steroid dienone is 2. The molecule has 0 saturated heterocycles. The number of carbonyl (C=O) groups excluding carboxylic acids is 1. The van der Waals surface area contributed by atoms with Gasteiger partial charge in [0, 0.05) is 6.21 Å². The van der Waals surface area contributed by atoms with E-state index in [4.69, 9.17) is 0 Å². The average molecular weight is 334 g/mol. The normalized spacial score (nSPS) is 12.6. The van der Waals surface area contributed by atoms with Crippen LogP contribution in [-0.2, 0) is 4.79 Å². The molecule has 0 aliphatic carbocycles. The molecule has 0 bridgehead atoms. The molecule has 0 saturated carbocycles. The summed E-state index contributed by atoms with van der Waals surface area (Å²) in [7, 11) is 0. The minimum Gasteiger partial charge on any atom is -0.512 e. The van der Waals surface area contributed by atoms with Crippen molar-refractivity contribution in [3.8, 4) is 5.69 Å². The van der Waals surface area contributed by atoms with E-state index in [1.165, 1.54) is 25.6 Å². The molecule has 1 N–H and O–H groups in total. The standard InChI is InChI=1S/C19H18N4O2/c1-12-4-7-16(8-5-12)23-19-9-6-15(10-18(19)21-22-23)20-11-17(13(2)24)14(3)25/h4-11,24H,1-3H3. The molecule has 2 aromatic carbocycles. The second-order valence-electron chi connectivity index (χ2n) is 5.82. The number of carbonyl (C=O) groups is 1. The molecule has 0 aliphatic heterocycles. The molecule has 6 nitrogen and oxygen atoms in total. The van der Waals surface area contributed by atoms with Gasteiger partial charge in [-0.25, -0.2) is 4.68 Å². The maximum atomic E-state index is 11.5. The van der Waals surface area contributed by atoms with E-state index in [0.717, 1.165) is 11.2 Å². The second kappa shape index (κ2) is 6.68. The molecule has 6 heteroatoms. The summed E-state index contributed by atoms with van der Waals surface area (Å²) in [6.45, 7) is 4.88. The molecule has 1 aromatic heterocycles. The summed E-state index contributed by atoms with van der Waals surface area (Å²) in [4.78, 5) is 15.7. The Morgan fingerprint density at radius 2 is 1.88 bits per heavy atom. The van der Waals surface area contributed by atoms with Gasteiger partial charge in [-0.05, 0) is 51.1 Å². The van der Waals surface area contributed by atoms with Gasteiger partial charge in [0.15, 0.2) is 5.78 Å². The zero-order chi connectivity index (χ0) is 18.0. The van der Waals surface area contributed by atoms with Crippen molar-refractivity contribution in [3.63, 3.8) is 0 Å². The first-order chi connectivity index (χ1) is 12.0. The zero-order valence-electron chi connectivity index (χ0n) is 14.3. The Labute approximate surface area is 145 Å². The summed E-state index contributed by atoms with van der Waals surface area (Å²) < 4.78 is 1.76. The first-order valence-electron chi connectivity index (χ1n) is 7.83. The van der Waals surface area contributed by atoms with Gasteiger partial charge in [-0.3, -0.25) is 9.79 Å². The number of fused-ring (bicyclic) bond motifs is 1. The smallest absolute Gasteiger partial charge is 0.164 e. The van der Waals surface area contributed by atoms with Gasteiger partial charge in [-0.1, -0.05) is 22.9 Å². The largest absolute Gasteiger partial charge is 0.512 e. The molecule has 0 amide bonds. The lowest BCUT2D eigenvalue weighted by atomic mass is 10.2. The number of aliphatic hydroxyl groups is 1. The molecule has 0 spiro atoms. The van der Waals surface area contributed by atoms with Crippen LogP contribution in [0.1, 0.15) is 19.4 Å². The molecular weight excluding hydrogens is 316 g/mol. The summed E-state index contributed by atoms with van der Waals surface area (Å²) in [5.74, 6) is -0.294. The van der Waals surface area contributed by atoms with Gasteiger partial charge in [0.1, 0.15) is 11.3 Å². The van der Waals surface area contributed by atoms with Crippen LogP contribution < -0.4 is 0 Å². The Hall–Kier alpha value is -3.28. The number of aliphatic hydroxyl groups excluding tert-OH is 1. The third-order valence-corrected chi connectivity index (χ3v) is 3.82. The molecular formula is C19H18N4O2. The highest BCUT2D eigenvalue weighted by atomic mass is 16.3. The highest BCUT2D eigenvalue weighted by Crippen LogP contribution is 2.22. The highest BCUT2D eigenvalue weighted by molar-refractivity contribution is 6.13. The van der Waals surface area contributed by atoms with E-state index in [9.17, 15) is 9.90 Å². The van der Waals surface area contributed by atoms with Crippen LogP contribution in [0.3, 0.4) is 0 Å². The van der Waals surface area contributed by atoms with E-state index in [0.29, 0.717) is 11.2 Å². The lowest BCUT2D eigenvalue weighted by Gasteiger charge is -2.03. The number of rotatable bonds is 4. The van der Waals surface area contributed by atoms with E-state index >= 15 is 0 Å². The number of benzene rings is 2. The van der Waals surface area contributed by atoms with Crippen molar-refractivity contribution in [1.29, 1.82) is 0 Å². The quantitative estimate of drug-likeness (QED) is 0.446. The molecule has 25 heavy (non-hydrogen) atoms. The predicted octanol–water partition coefficient (Wildman–Crippen LogP) is 3.85. The zero-order valence-corrected chi connectivity index (χ0v) is 14.3. The predicted molar refractivity (Wildman–Crippen MR) is 97.8 cm³/mol. The van der Waals surface area contributed by atoms with Gasteiger partial charge in [-0.15, -0.1) is 5.10 Å². The topological polar surface area (TPSA) is 80.4 Å². The first-order valence-corrected chi connectivity index (χ1v) is 7.83. The van der Waals surface area contributed by atoms with E-state index in [2.05, 4.69) is 15.3 Å². The monoisotopic (exact) mass is 334 g/mol. The third kappa shape index (κ3) is 3.47. The number of hydrogen-bond donors (Lipinski definition) is 1. The molecule has 1 heterocycles. The van der Waals surface area contributed by atoms with Crippen molar-refractivity contribution in [3.05, 3.63) is 59.4 Å². The maximum Gasteiger partial charge on any atom is 0.164 e. The van der Waals surface area contributed by atoms with Crippen LogP contribution in [0, 0.1) is 6.92 Å². The average Bonchev–Trinajstić information content (AvgIpc) is 2.98. The van der Waals surface area contributed by atoms with Crippen molar-refractivity contribution in [2.24, 2.45) is 4.99 Å². The van der Waals surface area contributed by atoms with Crippen molar-refractivity contribution in [2.45, 2.75) is 20.8 Å².